The van der Waals surface area contributed by atoms with E-state index in [2.05, 4.69) is 4.90 Å². The number of fused-ring (bicyclic) bond motifs is 1. The van der Waals surface area contributed by atoms with Gasteiger partial charge in [-0.3, -0.25) is 9.69 Å². The minimum absolute atomic E-state index is 0.0183. The number of hydrogen-bond acceptors (Lipinski definition) is 4. The molecule has 0 aromatic heterocycles. The summed E-state index contributed by atoms with van der Waals surface area (Å²) in [6, 6.07) is 3.35. The summed E-state index contributed by atoms with van der Waals surface area (Å²) in [7, 11) is 0. The lowest BCUT2D eigenvalue weighted by molar-refractivity contribution is -0.137. The number of nitrogens with zero attached hydrogens (tertiary/aromatic N) is 2. The number of phenols is 1. The molecule has 5 nitrogen and oxygen atoms in total. The third-order valence-corrected chi connectivity index (χ3v) is 6.59. The van der Waals surface area contributed by atoms with Gasteiger partial charge in [-0.05, 0) is 30.9 Å². The fraction of sp³-hybridized carbons (Fsp3) is 0.611. The van der Waals surface area contributed by atoms with Gasteiger partial charge in [0, 0.05) is 50.1 Å². The molecule has 1 aromatic carbocycles. The Kier molecular flexibility index (Phi) is 4.61. The van der Waals surface area contributed by atoms with Crippen molar-refractivity contribution in [2.75, 3.05) is 26.2 Å². The molecule has 4 rings (SSSR count). The van der Waals surface area contributed by atoms with Crippen LogP contribution in [0.15, 0.2) is 12.1 Å². The van der Waals surface area contributed by atoms with Crippen LogP contribution in [0.3, 0.4) is 0 Å². The van der Waals surface area contributed by atoms with Gasteiger partial charge < -0.3 is 15.1 Å². The number of benzene rings is 1. The van der Waals surface area contributed by atoms with Gasteiger partial charge in [0.1, 0.15) is 5.75 Å². The van der Waals surface area contributed by atoms with Crippen molar-refractivity contribution in [1.82, 2.24) is 9.80 Å². The molecule has 136 valence electrons. The molecule has 0 bridgehead atoms. The van der Waals surface area contributed by atoms with Crippen LogP contribution in [0.4, 0.5) is 0 Å². The van der Waals surface area contributed by atoms with E-state index < -0.39 is 0 Å². The number of aliphatic hydroxyl groups is 1. The van der Waals surface area contributed by atoms with E-state index in [1.54, 1.807) is 12.1 Å². The molecule has 0 radical (unpaired) electrons. The molecule has 3 saturated heterocycles. The van der Waals surface area contributed by atoms with Gasteiger partial charge >= 0.3 is 0 Å². The maximum absolute atomic E-state index is 12.6. The first kappa shape index (κ1) is 17.4. The Labute approximate surface area is 157 Å². The summed E-state index contributed by atoms with van der Waals surface area (Å²) >= 11 is 12.4. The van der Waals surface area contributed by atoms with Crippen molar-refractivity contribution in [1.29, 1.82) is 0 Å². The predicted molar refractivity (Wildman–Crippen MR) is 96.2 cm³/mol. The lowest BCUT2D eigenvalue weighted by Gasteiger charge is -2.41. The molecule has 2 N–H and O–H groups in total. The highest BCUT2D eigenvalue weighted by atomic mass is 35.5. The second kappa shape index (κ2) is 6.62. The van der Waals surface area contributed by atoms with Crippen molar-refractivity contribution in [3.63, 3.8) is 0 Å². The Morgan fingerprint density at radius 2 is 1.92 bits per heavy atom. The number of aromatic hydroxyl groups is 1. The summed E-state index contributed by atoms with van der Waals surface area (Å²) in [6.07, 6.45) is 2.12. The second-order valence-electron chi connectivity index (χ2n) is 7.60. The zero-order valence-corrected chi connectivity index (χ0v) is 15.4. The monoisotopic (exact) mass is 384 g/mol. The van der Waals surface area contributed by atoms with Gasteiger partial charge in [0.15, 0.2) is 0 Å². The summed E-state index contributed by atoms with van der Waals surface area (Å²) < 4.78 is 0. The number of halogens is 2. The van der Waals surface area contributed by atoms with Crippen LogP contribution in [-0.4, -0.2) is 64.2 Å². The summed E-state index contributed by atoms with van der Waals surface area (Å²) in [5.41, 5.74) is 0.666. The average molecular weight is 385 g/mol. The van der Waals surface area contributed by atoms with Crippen molar-refractivity contribution in [2.45, 2.75) is 37.3 Å². The molecule has 3 heterocycles. The van der Waals surface area contributed by atoms with Crippen molar-refractivity contribution in [3.05, 3.63) is 27.7 Å². The Bertz CT molecular complexity index is 693. The van der Waals surface area contributed by atoms with Crippen LogP contribution in [0.5, 0.6) is 5.75 Å². The van der Waals surface area contributed by atoms with Crippen molar-refractivity contribution >= 4 is 29.1 Å². The van der Waals surface area contributed by atoms with Gasteiger partial charge in [0.05, 0.1) is 16.1 Å². The molecular weight excluding hydrogens is 363 g/mol. The fourth-order valence-electron chi connectivity index (χ4n) is 4.63. The number of hydrogen-bond donors (Lipinski definition) is 2. The molecule has 3 atom stereocenters. The number of carbonyl (C=O) groups is 1. The summed E-state index contributed by atoms with van der Waals surface area (Å²) in [4.78, 5) is 16.7. The van der Waals surface area contributed by atoms with Gasteiger partial charge in [0.25, 0.3) is 0 Å². The Morgan fingerprint density at radius 1 is 1.16 bits per heavy atom. The molecule has 1 amide bonds. The Morgan fingerprint density at radius 3 is 2.64 bits per heavy atom. The van der Waals surface area contributed by atoms with E-state index in [4.69, 9.17) is 23.2 Å². The van der Waals surface area contributed by atoms with Crippen molar-refractivity contribution in [2.24, 2.45) is 5.92 Å². The number of likely N-dealkylation sites (tertiary alicyclic amines) is 1. The van der Waals surface area contributed by atoms with Crippen molar-refractivity contribution in [3.8, 4) is 5.75 Å². The maximum Gasteiger partial charge on any atom is 0.223 e. The molecule has 3 aliphatic heterocycles. The number of piperidine rings is 1. The maximum atomic E-state index is 12.6. The van der Waals surface area contributed by atoms with Crippen LogP contribution < -0.4 is 0 Å². The first-order valence-corrected chi connectivity index (χ1v) is 9.54. The third-order valence-electron chi connectivity index (χ3n) is 5.78. The van der Waals surface area contributed by atoms with Gasteiger partial charge in [-0.2, -0.15) is 0 Å². The lowest BCUT2D eigenvalue weighted by atomic mass is 9.87. The minimum atomic E-state index is -0.209. The number of rotatable bonds is 3. The molecule has 1 aromatic rings. The second-order valence-corrected chi connectivity index (χ2v) is 8.39. The van der Waals surface area contributed by atoms with Gasteiger partial charge in [-0.1, -0.05) is 23.2 Å². The molecule has 0 saturated carbocycles. The number of amides is 1. The largest absolute Gasteiger partial charge is 0.508 e. The molecule has 7 heteroatoms. The smallest absolute Gasteiger partial charge is 0.223 e. The van der Waals surface area contributed by atoms with E-state index in [1.807, 2.05) is 4.90 Å². The standard InChI is InChI=1S/C18H22Cl2N2O3/c19-14-1-2-15(24)17(18(14)20)11-5-12-3-10(4-16(25)22(12)7-11)6-21-8-13(23)9-21/h1-2,10-13,23-24H,3-9H2/t10-,11-,12+/m0/s1. The predicted octanol–water partition coefficient (Wildman–Crippen LogP) is 2.47. The summed E-state index contributed by atoms with van der Waals surface area (Å²) in [6.45, 7) is 2.90. The van der Waals surface area contributed by atoms with Crippen LogP contribution in [0.1, 0.15) is 30.7 Å². The van der Waals surface area contributed by atoms with Crippen LogP contribution in [-0.2, 0) is 4.79 Å². The van der Waals surface area contributed by atoms with E-state index in [1.165, 1.54) is 0 Å². The normalized spacial score (nSPS) is 30.4. The molecule has 3 fully saturated rings. The molecule has 0 spiro atoms. The SMILES string of the molecule is O=C1C[C@@H](CN2CC(O)C2)C[C@@H]2C[C@H](c3c(O)ccc(Cl)c3Cl)CN12. The fourth-order valence-corrected chi connectivity index (χ4v) is 5.11. The molecule has 0 unspecified atom stereocenters. The van der Waals surface area contributed by atoms with Crippen LogP contribution in [0, 0.1) is 5.92 Å². The molecule has 3 aliphatic rings. The number of β-amino-alcohol motifs (C(OH)–C–C–N with tert-alkyl or cyclic N) is 1. The molecule has 25 heavy (non-hydrogen) atoms. The highest BCUT2D eigenvalue weighted by Crippen LogP contribution is 2.45. The first-order valence-electron chi connectivity index (χ1n) is 8.79. The van der Waals surface area contributed by atoms with E-state index >= 15 is 0 Å². The summed E-state index contributed by atoms with van der Waals surface area (Å²) in [5, 5.41) is 20.5. The van der Waals surface area contributed by atoms with Gasteiger partial charge in [0.2, 0.25) is 5.91 Å². The third kappa shape index (κ3) is 3.23. The van der Waals surface area contributed by atoms with E-state index in [0.29, 0.717) is 47.6 Å². The quantitative estimate of drug-likeness (QED) is 0.839. The van der Waals surface area contributed by atoms with Crippen molar-refractivity contribution < 1.29 is 15.0 Å². The lowest BCUT2D eigenvalue weighted by Crippen LogP contribution is -2.54. The van der Waals surface area contributed by atoms with E-state index in [-0.39, 0.29) is 29.7 Å². The molecular formula is C18H22Cl2N2O3. The summed E-state index contributed by atoms with van der Waals surface area (Å²) in [5.74, 6) is 0.688. The van der Waals surface area contributed by atoms with Gasteiger partial charge in [-0.15, -0.1) is 0 Å². The first-order chi connectivity index (χ1) is 11.9. The zero-order valence-electron chi connectivity index (χ0n) is 13.9. The highest BCUT2D eigenvalue weighted by molar-refractivity contribution is 6.42. The van der Waals surface area contributed by atoms with Crippen LogP contribution in [0.2, 0.25) is 10.0 Å². The van der Waals surface area contributed by atoms with Crippen LogP contribution >= 0.6 is 23.2 Å². The van der Waals surface area contributed by atoms with Gasteiger partial charge in [-0.25, -0.2) is 0 Å². The number of phenolic OH excluding ortho intramolecular Hbond substituents is 1. The minimum Gasteiger partial charge on any atom is -0.508 e. The van der Waals surface area contributed by atoms with Crippen LogP contribution in [0.25, 0.3) is 0 Å². The number of carbonyl (C=O) groups excluding carboxylic acids is 1. The topological polar surface area (TPSA) is 64.0 Å². The Hall–Kier alpha value is -1.01. The number of aliphatic hydroxyl groups excluding tert-OH is 1. The van der Waals surface area contributed by atoms with E-state index in [9.17, 15) is 15.0 Å². The highest BCUT2D eigenvalue weighted by Gasteiger charge is 2.43. The van der Waals surface area contributed by atoms with E-state index in [0.717, 1.165) is 19.4 Å². The molecule has 0 aliphatic carbocycles. The average Bonchev–Trinajstić information content (AvgIpc) is 2.94. The zero-order chi connectivity index (χ0) is 17.7. The Balaban J connectivity index is 1.47.